The molecule has 128 valence electrons. The zero-order chi connectivity index (χ0) is 18.1. The number of rotatable bonds is 3. The van der Waals surface area contributed by atoms with Crippen molar-refractivity contribution in [2.75, 3.05) is 0 Å². The van der Waals surface area contributed by atoms with Gasteiger partial charge in [-0.2, -0.15) is 0 Å². The van der Waals surface area contributed by atoms with Gasteiger partial charge in [0.1, 0.15) is 5.82 Å². The normalized spacial score (nSPS) is 11.0. The lowest BCUT2D eigenvalue weighted by Crippen LogP contribution is -2.24. The van der Waals surface area contributed by atoms with Crippen molar-refractivity contribution in [1.29, 1.82) is 0 Å². The van der Waals surface area contributed by atoms with E-state index < -0.39 is 0 Å². The molecule has 4 aromatic rings. The Bertz CT molecular complexity index is 1160. The molecule has 1 heterocycles. The molecular formula is C21H14ClIN2O. The Hall–Kier alpha value is -2.18. The minimum Gasteiger partial charge on any atom is -0.288 e. The summed E-state index contributed by atoms with van der Waals surface area (Å²) in [4.78, 5) is 18.0. The molecule has 0 saturated carbocycles. The molecule has 1 aromatic heterocycles. The van der Waals surface area contributed by atoms with Gasteiger partial charge >= 0.3 is 0 Å². The molecule has 0 aliphatic rings. The van der Waals surface area contributed by atoms with Crippen LogP contribution in [0.25, 0.3) is 22.3 Å². The van der Waals surface area contributed by atoms with E-state index in [4.69, 9.17) is 16.6 Å². The Kier molecular flexibility index (Phi) is 4.78. The minimum absolute atomic E-state index is 0.0647. The number of hydrogen-bond acceptors (Lipinski definition) is 2. The summed E-state index contributed by atoms with van der Waals surface area (Å²) in [5.74, 6) is 0.651. The second-order valence-corrected chi connectivity index (χ2v) is 7.55. The number of benzene rings is 3. The van der Waals surface area contributed by atoms with Gasteiger partial charge in [-0.05, 0) is 52.4 Å². The van der Waals surface area contributed by atoms with Gasteiger partial charge in [0.05, 0.1) is 17.4 Å². The molecule has 0 aliphatic carbocycles. The van der Waals surface area contributed by atoms with E-state index in [-0.39, 0.29) is 5.56 Å². The highest BCUT2D eigenvalue weighted by molar-refractivity contribution is 14.1. The van der Waals surface area contributed by atoms with Gasteiger partial charge in [0.25, 0.3) is 5.56 Å². The summed E-state index contributed by atoms with van der Waals surface area (Å²) in [5.41, 5.74) is 2.53. The van der Waals surface area contributed by atoms with Crippen LogP contribution in [0.3, 0.4) is 0 Å². The van der Waals surface area contributed by atoms with Crippen LogP contribution in [0.1, 0.15) is 5.56 Å². The number of aromatic nitrogens is 2. The summed E-state index contributed by atoms with van der Waals surface area (Å²) in [7, 11) is 0. The smallest absolute Gasteiger partial charge is 0.261 e. The van der Waals surface area contributed by atoms with Gasteiger partial charge in [-0.15, -0.1) is 0 Å². The van der Waals surface area contributed by atoms with Gasteiger partial charge in [-0.25, -0.2) is 4.98 Å². The first kappa shape index (κ1) is 17.2. The summed E-state index contributed by atoms with van der Waals surface area (Å²) in [6, 6.07) is 23.1. The van der Waals surface area contributed by atoms with E-state index in [9.17, 15) is 4.79 Å². The van der Waals surface area contributed by atoms with Crippen molar-refractivity contribution in [1.82, 2.24) is 9.55 Å². The van der Waals surface area contributed by atoms with Gasteiger partial charge in [-0.1, -0.05) is 60.1 Å². The summed E-state index contributed by atoms with van der Waals surface area (Å²) in [5, 5.41) is 1.14. The van der Waals surface area contributed by atoms with Crippen LogP contribution in [0, 0.1) is 3.57 Å². The molecule has 4 rings (SSSR count). The third-order valence-corrected chi connectivity index (χ3v) is 5.39. The minimum atomic E-state index is -0.0647. The van der Waals surface area contributed by atoms with Crippen molar-refractivity contribution in [2.24, 2.45) is 0 Å². The van der Waals surface area contributed by atoms with Crippen LogP contribution in [0.2, 0.25) is 5.02 Å². The quantitative estimate of drug-likeness (QED) is 0.376. The molecule has 0 amide bonds. The molecular weight excluding hydrogens is 459 g/mol. The molecule has 3 aromatic carbocycles. The van der Waals surface area contributed by atoms with Crippen molar-refractivity contribution in [3.8, 4) is 11.4 Å². The third-order valence-electron chi connectivity index (χ3n) is 4.22. The molecule has 0 atom stereocenters. The molecule has 0 fully saturated rings. The van der Waals surface area contributed by atoms with Crippen LogP contribution in [-0.4, -0.2) is 9.55 Å². The van der Waals surface area contributed by atoms with E-state index >= 15 is 0 Å². The van der Waals surface area contributed by atoms with Gasteiger partial charge in [0, 0.05) is 14.2 Å². The maximum absolute atomic E-state index is 13.2. The van der Waals surface area contributed by atoms with Crippen LogP contribution in [0.5, 0.6) is 0 Å². The molecule has 3 nitrogen and oxygen atoms in total. The first-order chi connectivity index (χ1) is 12.6. The summed E-state index contributed by atoms with van der Waals surface area (Å²) >= 11 is 8.39. The Morgan fingerprint density at radius 3 is 2.46 bits per heavy atom. The van der Waals surface area contributed by atoms with Crippen molar-refractivity contribution < 1.29 is 0 Å². The topological polar surface area (TPSA) is 34.9 Å². The number of halogens is 2. The lowest BCUT2D eigenvalue weighted by molar-refractivity contribution is 0.759. The summed E-state index contributed by atoms with van der Waals surface area (Å²) in [6.45, 7) is 0.464. The molecule has 0 radical (unpaired) electrons. The highest BCUT2D eigenvalue weighted by Gasteiger charge is 2.15. The standard InChI is InChI=1S/C21H14ClIN2O/c22-15-10-11-17-19(12-15)24-20(16-8-4-5-9-18(16)23)25(21(17)26)13-14-6-2-1-3-7-14/h1-12H,13H2. The number of nitrogens with zero attached hydrogens (tertiary/aromatic N) is 2. The van der Waals surface area contributed by atoms with E-state index in [1.54, 1.807) is 22.8 Å². The monoisotopic (exact) mass is 472 g/mol. The van der Waals surface area contributed by atoms with E-state index in [0.717, 1.165) is 14.7 Å². The molecule has 5 heteroatoms. The fourth-order valence-electron chi connectivity index (χ4n) is 2.96. The van der Waals surface area contributed by atoms with Crippen molar-refractivity contribution >= 4 is 45.1 Å². The molecule has 26 heavy (non-hydrogen) atoms. The average molecular weight is 473 g/mol. The van der Waals surface area contributed by atoms with Crippen LogP contribution in [-0.2, 0) is 6.54 Å². The van der Waals surface area contributed by atoms with Crippen LogP contribution in [0.15, 0.2) is 77.6 Å². The van der Waals surface area contributed by atoms with Crippen molar-refractivity contribution in [2.45, 2.75) is 6.54 Å². The zero-order valence-electron chi connectivity index (χ0n) is 13.7. The van der Waals surface area contributed by atoms with Gasteiger partial charge in [0.15, 0.2) is 0 Å². The first-order valence-electron chi connectivity index (χ1n) is 8.12. The second kappa shape index (κ2) is 7.21. The number of fused-ring (bicyclic) bond motifs is 1. The maximum atomic E-state index is 13.2. The Balaban J connectivity index is 2.02. The first-order valence-corrected chi connectivity index (χ1v) is 9.58. The Morgan fingerprint density at radius 2 is 1.69 bits per heavy atom. The lowest BCUT2D eigenvalue weighted by Gasteiger charge is -2.15. The summed E-state index contributed by atoms with van der Waals surface area (Å²) < 4.78 is 2.78. The highest BCUT2D eigenvalue weighted by Crippen LogP contribution is 2.25. The van der Waals surface area contributed by atoms with Crippen molar-refractivity contribution in [3.63, 3.8) is 0 Å². The SMILES string of the molecule is O=c1c2ccc(Cl)cc2nc(-c2ccccc2I)n1Cc1ccccc1. The molecule has 0 saturated heterocycles. The van der Waals surface area contributed by atoms with Gasteiger partial charge in [-0.3, -0.25) is 9.36 Å². The lowest BCUT2D eigenvalue weighted by atomic mass is 10.1. The van der Waals surface area contributed by atoms with Crippen LogP contribution < -0.4 is 5.56 Å². The second-order valence-electron chi connectivity index (χ2n) is 5.95. The molecule has 0 spiro atoms. The largest absolute Gasteiger partial charge is 0.288 e. The zero-order valence-corrected chi connectivity index (χ0v) is 16.6. The maximum Gasteiger partial charge on any atom is 0.261 e. The predicted octanol–water partition coefficient (Wildman–Crippen LogP) is 5.37. The Labute approximate surface area is 169 Å². The molecule has 0 aliphatic heterocycles. The van der Waals surface area contributed by atoms with E-state index in [1.165, 1.54) is 0 Å². The third kappa shape index (κ3) is 3.27. The fraction of sp³-hybridized carbons (Fsp3) is 0.0476. The summed E-state index contributed by atoms with van der Waals surface area (Å²) in [6.07, 6.45) is 0. The highest BCUT2D eigenvalue weighted by atomic mass is 127. The van der Waals surface area contributed by atoms with E-state index in [0.29, 0.717) is 28.3 Å². The van der Waals surface area contributed by atoms with Gasteiger partial charge < -0.3 is 0 Å². The van der Waals surface area contributed by atoms with Gasteiger partial charge in [0.2, 0.25) is 0 Å². The number of hydrogen-bond donors (Lipinski definition) is 0. The van der Waals surface area contributed by atoms with Crippen LogP contribution in [0.4, 0.5) is 0 Å². The van der Waals surface area contributed by atoms with E-state index in [1.807, 2.05) is 54.6 Å². The molecule has 0 N–H and O–H groups in total. The fourth-order valence-corrected chi connectivity index (χ4v) is 3.75. The van der Waals surface area contributed by atoms with Crippen LogP contribution >= 0.6 is 34.2 Å². The molecule has 0 unspecified atom stereocenters. The van der Waals surface area contributed by atoms with Crippen molar-refractivity contribution in [3.05, 3.63) is 97.3 Å². The average Bonchev–Trinajstić information content (AvgIpc) is 2.65. The van der Waals surface area contributed by atoms with E-state index in [2.05, 4.69) is 22.6 Å². The Morgan fingerprint density at radius 1 is 0.962 bits per heavy atom. The predicted molar refractivity (Wildman–Crippen MR) is 115 cm³/mol. The molecule has 0 bridgehead atoms.